The van der Waals surface area contributed by atoms with Crippen molar-refractivity contribution in [2.45, 2.75) is 70.2 Å². The highest BCUT2D eigenvalue weighted by Crippen LogP contribution is 2.27. The molecule has 1 aliphatic carbocycles. The molecule has 1 aliphatic heterocycles. The van der Waals surface area contributed by atoms with Crippen LogP contribution in [0.15, 0.2) is 73.1 Å². The molecule has 0 bridgehead atoms. The monoisotopic (exact) mass is 603 g/mol. The predicted octanol–water partition coefficient (Wildman–Crippen LogP) is 2.75. The number of hydrogen-bond acceptors (Lipinski definition) is 6. The number of carbonyl (C=O) groups is 4. The SMILES string of the molecule is CN[C@@H](C)C(=O)N[C@H](C(=O)NCC(=O)N1C=CN(CCc2ccccc2)C(=O)[C@@H]1COCc1ccccc1)C1CCCCC1. The van der Waals surface area contributed by atoms with Gasteiger partial charge < -0.3 is 30.5 Å². The Morgan fingerprint density at radius 3 is 2.23 bits per heavy atom. The van der Waals surface area contributed by atoms with Crippen molar-refractivity contribution in [3.63, 3.8) is 0 Å². The first-order valence-corrected chi connectivity index (χ1v) is 15.6. The maximum absolute atomic E-state index is 13.6. The van der Waals surface area contributed by atoms with E-state index >= 15 is 0 Å². The van der Waals surface area contributed by atoms with Gasteiger partial charge in [-0.2, -0.15) is 0 Å². The smallest absolute Gasteiger partial charge is 0.252 e. The van der Waals surface area contributed by atoms with Crippen LogP contribution < -0.4 is 16.0 Å². The summed E-state index contributed by atoms with van der Waals surface area (Å²) in [7, 11) is 1.69. The van der Waals surface area contributed by atoms with Gasteiger partial charge in [0, 0.05) is 18.9 Å². The first-order valence-electron chi connectivity index (χ1n) is 15.6. The lowest BCUT2D eigenvalue weighted by atomic mass is 9.83. The van der Waals surface area contributed by atoms with Crippen molar-refractivity contribution in [2.24, 2.45) is 5.92 Å². The maximum atomic E-state index is 13.6. The Balaban J connectivity index is 1.42. The molecule has 44 heavy (non-hydrogen) atoms. The summed E-state index contributed by atoms with van der Waals surface area (Å²) in [6, 6.07) is 17.5. The molecule has 1 heterocycles. The fourth-order valence-corrected chi connectivity index (χ4v) is 5.63. The third kappa shape index (κ3) is 9.24. The van der Waals surface area contributed by atoms with E-state index in [0.29, 0.717) is 19.6 Å². The maximum Gasteiger partial charge on any atom is 0.252 e. The van der Waals surface area contributed by atoms with E-state index in [1.165, 1.54) is 4.90 Å². The molecule has 3 atom stereocenters. The van der Waals surface area contributed by atoms with Gasteiger partial charge in [-0.25, -0.2) is 0 Å². The molecule has 1 saturated carbocycles. The van der Waals surface area contributed by atoms with Gasteiger partial charge in [-0.3, -0.25) is 19.2 Å². The number of likely N-dealkylation sites (N-methyl/N-ethyl adjacent to an activating group) is 1. The lowest BCUT2D eigenvalue weighted by Gasteiger charge is -2.36. The second kappa shape index (κ2) is 16.7. The molecule has 10 heteroatoms. The minimum absolute atomic E-state index is 0.000580. The normalized spacial score (nSPS) is 18.5. The summed E-state index contributed by atoms with van der Waals surface area (Å²) < 4.78 is 5.92. The van der Waals surface area contributed by atoms with E-state index in [0.717, 1.165) is 43.2 Å². The largest absolute Gasteiger partial charge is 0.374 e. The van der Waals surface area contributed by atoms with Gasteiger partial charge in [0.15, 0.2) is 0 Å². The molecular weight excluding hydrogens is 558 g/mol. The molecule has 0 aromatic heterocycles. The highest BCUT2D eigenvalue weighted by Gasteiger charge is 2.36. The van der Waals surface area contributed by atoms with Crippen LogP contribution in [0.5, 0.6) is 0 Å². The van der Waals surface area contributed by atoms with Crippen LogP contribution in [0.2, 0.25) is 0 Å². The Labute approximate surface area is 260 Å². The summed E-state index contributed by atoms with van der Waals surface area (Å²) in [5, 5.41) is 8.55. The molecule has 2 aliphatic rings. The van der Waals surface area contributed by atoms with Crippen LogP contribution in [0.25, 0.3) is 0 Å². The highest BCUT2D eigenvalue weighted by atomic mass is 16.5. The second-order valence-corrected chi connectivity index (χ2v) is 11.5. The third-order valence-electron chi connectivity index (χ3n) is 8.41. The summed E-state index contributed by atoms with van der Waals surface area (Å²) in [5.74, 6) is -1.34. The lowest BCUT2D eigenvalue weighted by Crippen LogP contribution is -2.57. The van der Waals surface area contributed by atoms with E-state index in [1.54, 1.807) is 31.3 Å². The molecule has 0 radical (unpaired) electrons. The summed E-state index contributed by atoms with van der Waals surface area (Å²) in [6.45, 7) is 2.18. The molecule has 0 saturated heterocycles. The van der Waals surface area contributed by atoms with Crippen molar-refractivity contribution in [2.75, 3.05) is 26.7 Å². The number of hydrogen-bond donors (Lipinski definition) is 3. The first-order chi connectivity index (χ1) is 21.4. The summed E-state index contributed by atoms with van der Waals surface area (Å²) in [5.41, 5.74) is 2.07. The zero-order valence-corrected chi connectivity index (χ0v) is 25.7. The topological polar surface area (TPSA) is 120 Å². The molecule has 4 rings (SSSR count). The van der Waals surface area contributed by atoms with E-state index in [-0.39, 0.29) is 30.9 Å². The van der Waals surface area contributed by atoms with E-state index < -0.39 is 29.9 Å². The number of nitrogens with one attached hydrogen (secondary N) is 3. The Bertz CT molecular complexity index is 1270. The molecule has 2 aromatic rings. The van der Waals surface area contributed by atoms with Crippen molar-refractivity contribution >= 4 is 23.6 Å². The van der Waals surface area contributed by atoms with Gasteiger partial charge in [-0.1, -0.05) is 79.9 Å². The molecule has 3 N–H and O–H groups in total. The van der Waals surface area contributed by atoms with Gasteiger partial charge in [0.25, 0.3) is 5.91 Å². The molecular formula is C34H45N5O5. The van der Waals surface area contributed by atoms with Gasteiger partial charge in [0.05, 0.1) is 25.8 Å². The minimum Gasteiger partial charge on any atom is -0.374 e. The standard InChI is InChI=1S/C34H45N5O5/c1-25(35-2)32(41)37-31(28-16-10-5-11-17-28)33(42)36-22-30(40)39-21-20-38(19-18-26-12-6-3-7-13-26)34(43)29(39)24-44-23-27-14-8-4-9-15-27/h3-4,6-9,12-15,20-21,25,28-29,31,35H,5,10-11,16-19,22-24H2,1-2H3,(H,36,42)(H,37,41)/t25-,29-,31-/m0/s1. The fraction of sp³-hybridized carbons (Fsp3) is 0.471. The number of carbonyl (C=O) groups excluding carboxylic acids is 4. The van der Waals surface area contributed by atoms with Gasteiger partial charge in [0.2, 0.25) is 17.7 Å². The van der Waals surface area contributed by atoms with E-state index in [4.69, 9.17) is 4.74 Å². The third-order valence-corrected chi connectivity index (χ3v) is 8.41. The van der Waals surface area contributed by atoms with Crippen molar-refractivity contribution in [3.05, 3.63) is 84.2 Å². The highest BCUT2D eigenvalue weighted by molar-refractivity contribution is 5.94. The van der Waals surface area contributed by atoms with Crippen LogP contribution >= 0.6 is 0 Å². The molecule has 1 fully saturated rings. The van der Waals surface area contributed by atoms with Gasteiger partial charge in [-0.05, 0) is 50.3 Å². The number of amides is 4. The van der Waals surface area contributed by atoms with Crippen molar-refractivity contribution in [3.8, 4) is 0 Å². The van der Waals surface area contributed by atoms with Crippen molar-refractivity contribution < 1.29 is 23.9 Å². The van der Waals surface area contributed by atoms with Crippen LogP contribution in [-0.2, 0) is 36.9 Å². The predicted molar refractivity (Wildman–Crippen MR) is 168 cm³/mol. The van der Waals surface area contributed by atoms with Crippen LogP contribution in [-0.4, -0.2) is 78.3 Å². The van der Waals surface area contributed by atoms with Gasteiger partial charge in [0.1, 0.15) is 12.1 Å². The number of benzene rings is 2. The second-order valence-electron chi connectivity index (χ2n) is 11.5. The summed E-state index contributed by atoms with van der Waals surface area (Å²) >= 11 is 0. The summed E-state index contributed by atoms with van der Waals surface area (Å²) in [4.78, 5) is 56.2. The minimum atomic E-state index is -0.880. The number of rotatable bonds is 14. The summed E-state index contributed by atoms with van der Waals surface area (Å²) in [6.07, 6.45) is 8.64. The molecule has 0 spiro atoms. The Hall–Kier alpha value is -4.02. The Morgan fingerprint density at radius 1 is 0.909 bits per heavy atom. The van der Waals surface area contributed by atoms with Crippen LogP contribution in [0.3, 0.4) is 0 Å². The molecule has 10 nitrogen and oxygen atoms in total. The zero-order chi connectivity index (χ0) is 31.3. The van der Waals surface area contributed by atoms with E-state index in [9.17, 15) is 19.2 Å². The number of ether oxygens (including phenoxy) is 1. The van der Waals surface area contributed by atoms with Crippen LogP contribution in [0.4, 0.5) is 0 Å². The average Bonchev–Trinajstić information content (AvgIpc) is 3.06. The molecule has 4 amide bonds. The zero-order valence-electron chi connectivity index (χ0n) is 25.7. The fourth-order valence-electron chi connectivity index (χ4n) is 5.63. The molecule has 2 aromatic carbocycles. The van der Waals surface area contributed by atoms with Crippen LogP contribution in [0.1, 0.15) is 50.2 Å². The molecule has 0 unspecified atom stereocenters. The van der Waals surface area contributed by atoms with Gasteiger partial charge in [-0.15, -0.1) is 0 Å². The van der Waals surface area contributed by atoms with Crippen LogP contribution in [0, 0.1) is 5.92 Å². The first kappa shape index (κ1) is 32.9. The Morgan fingerprint density at radius 2 is 1.57 bits per heavy atom. The van der Waals surface area contributed by atoms with Crippen molar-refractivity contribution in [1.29, 1.82) is 0 Å². The van der Waals surface area contributed by atoms with Gasteiger partial charge >= 0.3 is 0 Å². The van der Waals surface area contributed by atoms with E-state index in [2.05, 4.69) is 16.0 Å². The van der Waals surface area contributed by atoms with Crippen molar-refractivity contribution in [1.82, 2.24) is 25.8 Å². The lowest BCUT2D eigenvalue weighted by molar-refractivity contribution is -0.146. The Kier molecular flexibility index (Phi) is 12.5. The molecule has 236 valence electrons. The number of nitrogens with zero attached hydrogens (tertiary/aromatic N) is 2. The quantitative estimate of drug-likeness (QED) is 0.306. The average molecular weight is 604 g/mol. The van der Waals surface area contributed by atoms with E-state index in [1.807, 2.05) is 60.7 Å².